The molecule has 0 bridgehead atoms. The van der Waals surface area contributed by atoms with Crippen molar-refractivity contribution in [1.82, 2.24) is 20.1 Å². The average molecular weight is 427 g/mol. The number of fused-ring (bicyclic) bond motifs is 1. The summed E-state index contributed by atoms with van der Waals surface area (Å²) in [5, 5.41) is 12.6. The molecule has 31 heavy (non-hydrogen) atoms. The number of hydrogen-bond acceptors (Lipinski definition) is 6. The number of ether oxygens (including phenoxy) is 2. The number of pyridine rings is 1. The summed E-state index contributed by atoms with van der Waals surface area (Å²) in [6.07, 6.45) is 1.53. The summed E-state index contributed by atoms with van der Waals surface area (Å²) in [4.78, 5) is 20.6. The molecule has 0 unspecified atom stereocenters. The molecule has 0 aliphatic carbocycles. The number of aromatic nitrogens is 1. The monoisotopic (exact) mass is 426 g/mol. The Labute approximate surface area is 182 Å². The standard InChI is InChI=1S/C23H30N4O4/c1-23(2,29)16-25-22(28)27-12-10-26(11-13-27)14-17-5-7-18(8-6-17)20-15-30-19-4-3-9-24-21(19)31-20/h3-9,20,29H,10-16H2,1-2H3,(H,25,28)/t20-/m1/s1. The van der Waals surface area contributed by atoms with Gasteiger partial charge in [0.05, 0.1) is 5.60 Å². The van der Waals surface area contributed by atoms with E-state index in [1.807, 2.05) is 12.1 Å². The molecule has 1 atom stereocenters. The molecule has 1 aromatic heterocycles. The molecule has 2 aromatic rings. The van der Waals surface area contributed by atoms with Gasteiger partial charge in [0.1, 0.15) is 6.61 Å². The first-order chi connectivity index (χ1) is 14.9. The van der Waals surface area contributed by atoms with Crippen LogP contribution in [0.1, 0.15) is 31.1 Å². The van der Waals surface area contributed by atoms with E-state index in [-0.39, 0.29) is 18.7 Å². The molecule has 2 N–H and O–H groups in total. The van der Waals surface area contributed by atoms with Gasteiger partial charge in [0, 0.05) is 45.5 Å². The molecule has 166 valence electrons. The summed E-state index contributed by atoms with van der Waals surface area (Å²) in [6, 6.07) is 12.0. The van der Waals surface area contributed by atoms with Crippen molar-refractivity contribution in [2.24, 2.45) is 0 Å². The highest BCUT2D eigenvalue weighted by Crippen LogP contribution is 2.33. The van der Waals surface area contributed by atoms with E-state index in [0.29, 0.717) is 31.3 Å². The lowest BCUT2D eigenvalue weighted by atomic mass is 10.1. The lowest BCUT2D eigenvalue weighted by Gasteiger charge is -2.35. The van der Waals surface area contributed by atoms with Crippen LogP contribution in [0.25, 0.3) is 0 Å². The minimum absolute atomic E-state index is 0.114. The van der Waals surface area contributed by atoms with E-state index in [0.717, 1.165) is 25.2 Å². The molecule has 2 aliphatic heterocycles. The Balaban J connectivity index is 1.25. The number of amides is 2. The quantitative estimate of drug-likeness (QED) is 0.762. The van der Waals surface area contributed by atoms with Crippen LogP contribution >= 0.6 is 0 Å². The molecular formula is C23H30N4O4. The first-order valence-corrected chi connectivity index (χ1v) is 10.7. The highest BCUT2D eigenvalue weighted by Gasteiger charge is 2.24. The van der Waals surface area contributed by atoms with Gasteiger partial charge in [0.15, 0.2) is 11.9 Å². The minimum atomic E-state index is -0.904. The van der Waals surface area contributed by atoms with Crippen LogP contribution in [0.5, 0.6) is 11.6 Å². The summed E-state index contributed by atoms with van der Waals surface area (Å²) in [7, 11) is 0. The molecule has 2 amide bonds. The molecule has 1 fully saturated rings. The Morgan fingerprint density at radius 1 is 1.19 bits per heavy atom. The van der Waals surface area contributed by atoms with Gasteiger partial charge in [-0.15, -0.1) is 0 Å². The van der Waals surface area contributed by atoms with E-state index in [4.69, 9.17) is 9.47 Å². The third kappa shape index (κ3) is 5.65. The lowest BCUT2D eigenvalue weighted by molar-refractivity contribution is 0.0768. The maximum Gasteiger partial charge on any atom is 0.317 e. The predicted molar refractivity (Wildman–Crippen MR) is 116 cm³/mol. The highest BCUT2D eigenvalue weighted by atomic mass is 16.6. The smallest absolute Gasteiger partial charge is 0.317 e. The van der Waals surface area contributed by atoms with E-state index in [1.165, 1.54) is 5.56 Å². The van der Waals surface area contributed by atoms with Crippen molar-refractivity contribution in [3.63, 3.8) is 0 Å². The van der Waals surface area contributed by atoms with Gasteiger partial charge >= 0.3 is 6.03 Å². The van der Waals surface area contributed by atoms with Crippen LogP contribution < -0.4 is 14.8 Å². The Bertz CT molecular complexity index is 889. The third-order valence-corrected chi connectivity index (χ3v) is 5.47. The van der Waals surface area contributed by atoms with Gasteiger partial charge in [0.25, 0.3) is 5.88 Å². The molecule has 8 heteroatoms. The number of nitrogens with one attached hydrogen (secondary N) is 1. The fourth-order valence-electron chi connectivity index (χ4n) is 3.68. The fraction of sp³-hybridized carbons (Fsp3) is 0.478. The number of piperazine rings is 1. The number of urea groups is 1. The van der Waals surface area contributed by atoms with Gasteiger partial charge in [-0.25, -0.2) is 9.78 Å². The summed E-state index contributed by atoms with van der Waals surface area (Å²) >= 11 is 0. The molecule has 3 heterocycles. The summed E-state index contributed by atoms with van der Waals surface area (Å²) in [5.41, 5.74) is 1.38. The topological polar surface area (TPSA) is 87.2 Å². The fourth-order valence-corrected chi connectivity index (χ4v) is 3.68. The first-order valence-electron chi connectivity index (χ1n) is 10.7. The number of benzene rings is 1. The maximum absolute atomic E-state index is 12.2. The van der Waals surface area contributed by atoms with Crippen LogP contribution in [0.15, 0.2) is 42.6 Å². The van der Waals surface area contributed by atoms with Crippen molar-refractivity contribution in [3.8, 4) is 11.6 Å². The third-order valence-electron chi connectivity index (χ3n) is 5.47. The molecule has 8 nitrogen and oxygen atoms in total. The van der Waals surface area contributed by atoms with E-state index in [1.54, 1.807) is 24.9 Å². The normalized spacial score (nSPS) is 19.2. The predicted octanol–water partition coefficient (Wildman–Crippen LogP) is 2.19. The Kier molecular flexibility index (Phi) is 6.29. The average Bonchev–Trinajstić information content (AvgIpc) is 2.78. The van der Waals surface area contributed by atoms with Crippen LogP contribution in [-0.4, -0.2) is 70.9 Å². The van der Waals surface area contributed by atoms with Gasteiger partial charge in [-0.2, -0.15) is 0 Å². The Morgan fingerprint density at radius 3 is 2.65 bits per heavy atom. The molecule has 1 aromatic carbocycles. The Hall–Kier alpha value is -2.84. The van der Waals surface area contributed by atoms with E-state index in [9.17, 15) is 9.90 Å². The maximum atomic E-state index is 12.2. The summed E-state index contributed by atoms with van der Waals surface area (Å²) in [5.74, 6) is 1.22. The minimum Gasteiger partial charge on any atom is -0.484 e. The van der Waals surface area contributed by atoms with Gasteiger partial charge in [-0.1, -0.05) is 24.3 Å². The Morgan fingerprint density at radius 2 is 1.94 bits per heavy atom. The van der Waals surface area contributed by atoms with Crippen LogP contribution in [0, 0.1) is 0 Å². The van der Waals surface area contributed by atoms with E-state index >= 15 is 0 Å². The SMILES string of the molecule is CC(C)(O)CNC(=O)N1CCN(Cc2ccc([C@H]3COc4cccnc4O3)cc2)CC1. The number of rotatable bonds is 5. The molecule has 0 radical (unpaired) electrons. The lowest BCUT2D eigenvalue weighted by Crippen LogP contribution is -2.53. The second kappa shape index (κ2) is 9.11. The molecule has 0 saturated carbocycles. The zero-order valence-electron chi connectivity index (χ0n) is 18.1. The summed E-state index contributed by atoms with van der Waals surface area (Å²) < 4.78 is 11.7. The zero-order chi connectivity index (χ0) is 21.8. The van der Waals surface area contributed by atoms with Crippen molar-refractivity contribution in [2.45, 2.75) is 32.1 Å². The van der Waals surface area contributed by atoms with E-state index in [2.05, 4.69) is 39.5 Å². The number of carbonyl (C=O) groups is 1. The van der Waals surface area contributed by atoms with Gasteiger partial charge < -0.3 is 24.8 Å². The second-order valence-corrected chi connectivity index (χ2v) is 8.70. The van der Waals surface area contributed by atoms with Crippen molar-refractivity contribution < 1.29 is 19.4 Å². The molecule has 0 spiro atoms. The van der Waals surface area contributed by atoms with Gasteiger partial charge in [-0.3, -0.25) is 4.90 Å². The van der Waals surface area contributed by atoms with Crippen LogP contribution in [0.2, 0.25) is 0 Å². The van der Waals surface area contributed by atoms with Crippen molar-refractivity contribution in [3.05, 3.63) is 53.7 Å². The molecular weight excluding hydrogens is 396 g/mol. The summed E-state index contributed by atoms with van der Waals surface area (Å²) in [6.45, 7) is 7.90. The molecule has 2 aliphatic rings. The number of hydrogen-bond donors (Lipinski definition) is 2. The number of nitrogens with zero attached hydrogens (tertiary/aromatic N) is 3. The first kappa shape index (κ1) is 21.4. The molecule has 1 saturated heterocycles. The van der Waals surface area contributed by atoms with Crippen LogP contribution in [-0.2, 0) is 6.54 Å². The largest absolute Gasteiger partial charge is 0.484 e. The van der Waals surface area contributed by atoms with Gasteiger partial charge in [-0.05, 0) is 37.1 Å². The highest BCUT2D eigenvalue weighted by molar-refractivity contribution is 5.74. The van der Waals surface area contributed by atoms with Crippen LogP contribution in [0.3, 0.4) is 0 Å². The van der Waals surface area contributed by atoms with Crippen molar-refractivity contribution >= 4 is 6.03 Å². The number of aliphatic hydroxyl groups is 1. The van der Waals surface area contributed by atoms with Crippen LogP contribution in [0.4, 0.5) is 4.79 Å². The van der Waals surface area contributed by atoms with Crippen molar-refractivity contribution in [1.29, 1.82) is 0 Å². The second-order valence-electron chi connectivity index (χ2n) is 8.70. The zero-order valence-corrected chi connectivity index (χ0v) is 18.1. The number of carbonyl (C=O) groups excluding carboxylic acids is 1. The molecule has 4 rings (SSSR count). The van der Waals surface area contributed by atoms with E-state index < -0.39 is 5.60 Å². The van der Waals surface area contributed by atoms with Crippen molar-refractivity contribution in [2.75, 3.05) is 39.3 Å². The van der Waals surface area contributed by atoms with Gasteiger partial charge in [0.2, 0.25) is 0 Å².